The van der Waals surface area contributed by atoms with Crippen LogP contribution in [0, 0.1) is 6.92 Å². The highest BCUT2D eigenvalue weighted by Crippen LogP contribution is 2.29. The topological polar surface area (TPSA) is 58.4 Å². The average Bonchev–Trinajstić information content (AvgIpc) is 2.93. The third-order valence-electron chi connectivity index (χ3n) is 4.35. The Labute approximate surface area is 124 Å². The molecule has 3 heterocycles. The minimum atomic E-state index is -0.157. The highest BCUT2D eigenvalue weighted by atomic mass is 16.2. The fraction of sp³-hybridized carbons (Fsp3) is 0.667. The molecule has 0 N–H and O–H groups in total. The summed E-state index contributed by atoms with van der Waals surface area (Å²) >= 11 is 0. The predicted octanol–water partition coefficient (Wildman–Crippen LogP) is 1.74. The Bertz CT molecular complexity index is 578. The molecule has 2 aliphatic rings. The zero-order chi connectivity index (χ0) is 15.1. The molecule has 0 aliphatic carbocycles. The minimum absolute atomic E-state index is 0.0574. The second-order valence-electron chi connectivity index (χ2n) is 6.28. The summed E-state index contributed by atoms with van der Waals surface area (Å²) < 4.78 is 2.16. The highest BCUT2D eigenvalue weighted by Gasteiger charge is 2.39. The number of hydrogen-bond acceptors (Lipinski definition) is 3. The molecule has 0 bridgehead atoms. The number of imidazole rings is 1. The largest absolute Gasteiger partial charge is 0.334 e. The number of fused-ring (bicyclic) bond motifs is 1. The molecule has 1 aromatic heterocycles. The lowest BCUT2D eigenvalue weighted by Gasteiger charge is -2.27. The van der Waals surface area contributed by atoms with Crippen LogP contribution in [0.5, 0.6) is 0 Å². The summed E-state index contributed by atoms with van der Waals surface area (Å²) in [5, 5.41) is 0. The summed E-state index contributed by atoms with van der Waals surface area (Å²) in [4.78, 5) is 32.1. The summed E-state index contributed by atoms with van der Waals surface area (Å²) in [6, 6.07) is -0.0996. The van der Waals surface area contributed by atoms with Gasteiger partial charge >= 0.3 is 6.03 Å². The molecule has 0 aromatic carbocycles. The Morgan fingerprint density at radius 2 is 2.14 bits per heavy atom. The van der Waals surface area contributed by atoms with E-state index < -0.39 is 0 Å². The Morgan fingerprint density at radius 1 is 1.38 bits per heavy atom. The van der Waals surface area contributed by atoms with Gasteiger partial charge in [-0.2, -0.15) is 0 Å². The monoisotopic (exact) mass is 290 g/mol. The normalized spacial score (nSPS) is 22.4. The molecule has 114 valence electrons. The SMILES string of the molecule is Cc1cn2c(n1)C(CN1C(=O)CN(C(C)C)C1=O)CCC2. The van der Waals surface area contributed by atoms with Crippen molar-refractivity contribution < 1.29 is 9.59 Å². The zero-order valence-electron chi connectivity index (χ0n) is 12.9. The molecule has 0 saturated carbocycles. The molecule has 0 radical (unpaired) electrons. The first-order chi connectivity index (χ1) is 9.97. The fourth-order valence-electron chi connectivity index (χ4n) is 3.24. The average molecular weight is 290 g/mol. The van der Waals surface area contributed by atoms with Crippen LogP contribution in [-0.4, -0.2) is 50.4 Å². The van der Waals surface area contributed by atoms with Gasteiger partial charge in [0.1, 0.15) is 12.4 Å². The van der Waals surface area contributed by atoms with E-state index in [0.717, 1.165) is 30.9 Å². The van der Waals surface area contributed by atoms with E-state index in [9.17, 15) is 9.59 Å². The molecular weight excluding hydrogens is 268 g/mol. The molecule has 0 spiro atoms. The molecule has 6 nitrogen and oxygen atoms in total. The van der Waals surface area contributed by atoms with Crippen molar-refractivity contribution in [3.05, 3.63) is 17.7 Å². The van der Waals surface area contributed by atoms with Gasteiger partial charge in [-0.05, 0) is 33.6 Å². The lowest BCUT2D eigenvalue weighted by molar-refractivity contribution is -0.125. The number of nitrogens with zero attached hydrogens (tertiary/aromatic N) is 4. The van der Waals surface area contributed by atoms with Gasteiger partial charge in [-0.1, -0.05) is 0 Å². The standard InChI is InChI=1S/C15H22N4O2/c1-10(2)18-9-13(20)19(15(18)21)8-12-5-4-6-17-7-11(3)16-14(12)17/h7,10,12H,4-6,8-9H2,1-3H3. The van der Waals surface area contributed by atoms with E-state index in [1.165, 1.54) is 4.90 Å². The molecule has 1 unspecified atom stereocenters. The number of amides is 3. The van der Waals surface area contributed by atoms with E-state index in [0.29, 0.717) is 6.54 Å². The van der Waals surface area contributed by atoms with Gasteiger partial charge in [0.05, 0.1) is 5.69 Å². The van der Waals surface area contributed by atoms with E-state index in [1.807, 2.05) is 20.8 Å². The van der Waals surface area contributed by atoms with Gasteiger partial charge in [-0.25, -0.2) is 9.78 Å². The van der Waals surface area contributed by atoms with Gasteiger partial charge in [0.25, 0.3) is 0 Å². The molecule has 1 aromatic rings. The van der Waals surface area contributed by atoms with Crippen molar-refractivity contribution in [3.8, 4) is 0 Å². The summed E-state index contributed by atoms with van der Waals surface area (Å²) in [6.07, 6.45) is 4.10. The number of rotatable bonds is 3. The summed E-state index contributed by atoms with van der Waals surface area (Å²) in [5.41, 5.74) is 1.000. The van der Waals surface area contributed by atoms with Gasteiger partial charge < -0.3 is 9.47 Å². The summed E-state index contributed by atoms with van der Waals surface area (Å²) in [7, 11) is 0. The Kier molecular flexibility index (Phi) is 3.47. The second-order valence-corrected chi connectivity index (χ2v) is 6.28. The lowest BCUT2D eigenvalue weighted by atomic mass is 9.98. The van der Waals surface area contributed by atoms with Crippen LogP contribution in [0.25, 0.3) is 0 Å². The molecule has 1 atom stereocenters. The van der Waals surface area contributed by atoms with Crippen LogP contribution in [0.3, 0.4) is 0 Å². The maximum atomic E-state index is 12.4. The van der Waals surface area contributed by atoms with E-state index in [2.05, 4.69) is 15.7 Å². The number of imide groups is 1. The first kappa shape index (κ1) is 14.1. The number of hydrogen-bond donors (Lipinski definition) is 0. The molecule has 21 heavy (non-hydrogen) atoms. The molecule has 3 rings (SSSR count). The molecule has 2 aliphatic heterocycles. The van der Waals surface area contributed by atoms with Crippen LogP contribution in [0.2, 0.25) is 0 Å². The van der Waals surface area contributed by atoms with E-state index >= 15 is 0 Å². The fourth-order valence-corrected chi connectivity index (χ4v) is 3.24. The first-order valence-electron chi connectivity index (χ1n) is 7.62. The number of carbonyl (C=O) groups is 2. The minimum Gasteiger partial charge on any atom is -0.334 e. The maximum Gasteiger partial charge on any atom is 0.327 e. The number of carbonyl (C=O) groups excluding carboxylic acids is 2. The number of aryl methyl sites for hydroxylation is 2. The van der Waals surface area contributed by atoms with Crippen LogP contribution in [0.4, 0.5) is 4.79 Å². The van der Waals surface area contributed by atoms with Gasteiger partial charge in [0, 0.05) is 31.2 Å². The summed E-state index contributed by atoms with van der Waals surface area (Å²) in [6.45, 7) is 7.49. The lowest BCUT2D eigenvalue weighted by Crippen LogP contribution is -2.39. The highest BCUT2D eigenvalue weighted by molar-refractivity contribution is 6.02. The van der Waals surface area contributed by atoms with Crippen molar-refractivity contribution in [2.24, 2.45) is 0 Å². The van der Waals surface area contributed by atoms with Crippen molar-refractivity contribution in [1.29, 1.82) is 0 Å². The Hall–Kier alpha value is -1.85. The molecular formula is C15H22N4O2. The zero-order valence-corrected chi connectivity index (χ0v) is 12.9. The van der Waals surface area contributed by atoms with Crippen molar-refractivity contribution in [2.75, 3.05) is 13.1 Å². The predicted molar refractivity (Wildman–Crippen MR) is 77.9 cm³/mol. The first-order valence-corrected chi connectivity index (χ1v) is 7.62. The van der Waals surface area contributed by atoms with Crippen LogP contribution < -0.4 is 0 Å². The Morgan fingerprint density at radius 3 is 2.81 bits per heavy atom. The molecule has 3 amide bonds. The third kappa shape index (κ3) is 2.43. The van der Waals surface area contributed by atoms with E-state index in [-0.39, 0.29) is 30.4 Å². The van der Waals surface area contributed by atoms with Crippen LogP contribution in [0.1, 0.15) is 44.1 Å². The van der Waals surface area contributed by atoms with Gasteiger partial charge in [0.2, 0.25) is 5.91 Å². The Balaban J connectivity index is 1.78. The number of urea groups is 1. The van der Waals surface area contributed by atoms with Crippen molar-refractivity contribution in [1.82, 2.24) is 19.4 Å². The van der Waals surface area contributed by atoms with Gasteiger partial charge in [-0.15, -0.1) is 0 Å². The third-order valence-corrected chi connectivity index (χ3v) is 4.35. The van der Waals surface area contributed by atoms with E-state index in [1.54, 1.807) is 4.90 Å². The number of aromatic nitrogens is 2. The van der Waals surface area contributed by atoms with Crippen LogP contribution in [0.15, 0.2) is 6.20 Å². The van der Waals surface area contributed by atoms with Crippen LogP contribution >= 0.6 is 0 Å². The van der Waals surface area contributed by atoms with Gasteiger partial charge in [-0.3, -0.25) is 9.69 Å². The smallest absolute Gasteiger partial charge is 0.327 e. The maximum absolute atomic E-state index is 12.4. The summed E-state index contributed by atoms with van der Waals surface area (Å²) in [5.74, 6) is 1.09. The van der Waals surface area contributed by atoms with Crippen molar-refractivity contribution >= 4 is 11.9 Å². The van der Waals surface area contributed by atoms with Crippen LogP contribution in [-0.2, 0) is 11.3 Å². The van der Waals surface area contributed by atoms with Crippen molar-refractivity contribution in [2.45, 2.75) is 52.1 Å². The molecule has 1 fully saturated rings. The molecule has 1 saturated heterocycles. The second kappa shape index (κ2) is 5.16. The van der Waals surface area contributed by atoms with E-state index in [4.69, 9.17) is 0 Å². The quantitative estimate of drug-likeness (QED) is 0.797. The van der Waals surface area contributed by atoms with Crippen molar-refractivity contribution in [3.63, 3.8) is 0 Å². The van der Waals surface area contributed by atoms with Gasteiger partial charge in [0.15, 0.2) is 0 Å². The molecule has 6 heteroatoms.